The highest BCUT2D eigenvalue weighted by Crippen LogP contribution is 2.28. The van der Waals surface area contributed by atoms with E-state index in [-0.39, 0.29) is 6.04 Å². The van der Waals surface area contributed by atoms with Crippen LogP contribution in [0.3, 0.4) is 0 Å². The molecule has 1 saturated carbocycles. The lowest BCUT2D eigenvalue weighted by atomic mass is 9.83. The van der Waals surface area contributed by atoms with Gasteiger partial charge in [0.15, 0.2) is 0 Å². The molecule has 0 heterocycles. The zero-order valence-corrected chi connectivity index (χ0v) is 12.5. The van der Waals surface area contributed by atoms with Crippen molar-refractivity contribution >= 4 is 10.0 Å². The van der Waals surface area contributed by atoms with Crippen LogP contribution < -0.4 is 10.5 Å². The molecule has 1 aromatic carbocycles. The quantitative estimate of drug-likeness (QED) is 0.885. The minimum atomic E-state index is -3.43. The fourth-order valence-electron chi connectivity index (χ4n) is 2.67. The number of benzene rings is 1. The van der Waals surface area contributed by atoms with Crippen LogP contribution in [0.25, 0.3) is 0 Å². The molecule has 0 spiro atoms. The standard InChI is InChI=1S/C14H22N2O2S/c1-9-4-13(5-9)16-19(17,18)14-7-12(8-15)10(2)6-11(14)3/h6-7,9,13,16H,4-5,8,15H2,1-3H3. The molecule has 1 fully saturated rings. The van der Waals surface area contributed by atoms with Crippen LogP contribution in [0.15, 0.2) is 17.0 Å². The highest BCUT2D eigenvalue weighted by Gasteiger charge is 2.30. The monoisotopic (exact) mass is 282 g/mol. The summed E-state index contributed by atoms with van der Waals surface area (Å²) in [4.78, 5) is 0.359. The number of rotatable bonds is 4. The van der Waals surface area contributed by atoms with E-state index in [1.54, 1.807) is 6.07 Å². The summed E-state index contributed by atoms with van der Waals surface area (Å²) in [6, 6.07) is 3.68. The zero-order valence-electron chi connectivity index (χ0n) is 11.7. The van der Waals surface area contributed by atoms with Crippen molar-refractivity contribution in [3.05, 3.63) is 28.8 Å². The molecule has 0 aromatic heterocycles. The Morgan fingerprint density at radius 3 is 2.42 bits per heavy atom. The van der Waals surface area contributed by atoms with Crippen molar-refractivity contribution in [2.75, 3.05) is 0 Å². The molecule has 3 N–H and O–H groups in total. The lowest BCUT2D eigenvalue weighted by Crippen LogP contribution is -2.43. The summed E-state index contributed by atoms with van der Waals surface area (Å²) in [6.07, 6.45) is 1.85. The van der Waals surface area contributed by atoms with Crippen LogP contribution in [0.4, 0.5) is 0 Å². The molecule has 1 aliphatic carbocycles. The smallest absolute Gasteiger partial charge is 0.241 e. The third-order valence-corrected chi connectivity index (χ3v) is 5.50. The average molecular weight is 282 g/mol. The van der Waals surface area contributed by atoms with Crippen LogP contribution in [0.1, 0.15) is 36.5 Å². The highest BCUT2D eigenvalue weighted by molar-refractivity contribution is 7.89. The second-order valence-electron chi connectivity index (χ2n) is 5.64. The Balaban J connectivity index is 2.29. The van der Waals surface area contributed by atoms with Crippen molar-refractivity contribution in [2.45, 2.75) is 51.1 Å². The Bertz CT molecular complexity index is 575. The minimum Gasteiger partial charge on any atom is -0.326 e. The first-order valence-electron chi connectivity index (χ1n) is 6.66. The van der Waals surface area contributed by atoms with Crippen LogP contribution in [0.5, 0.6) is 0 Å². The molecule has 4 nitrogen and oxygen atoms in total. The van der Waals surface area contributed by atoms with Gasteiger partial charge < -0.3 is 5.73 Å². The average Bonchev–Trinajstić information content (AvgIpc) is 2.26. The maximum atomic E-state index is 12.4. The normalized spacial score (nSPS) is 23.2. The van der Waals surface area contributed by atoms with Crippen molar-refractivity contribution in [3.63, 3.8) is 0 Å². The maximum Gasteiger partial charge on any atom is 0.241 e. The van der Waals surface area contributed by atoms with Crippen molar-refractivity contribution in [2.24, 2.45) is 11.7 Å². The molecular weight excluding hydrogens is 260 g/mol. The summed E-state index contributed by atoms with van der Waals surface area (Å²) in [5.41, 5.74) is 8.35. The molecular formula is C14H22N2O2S. The Hall–Kier alpha value is -0.910. The maximum absolute atomic E-state index is 12.4. The fraction of sp³-hybridized carbons (Fsp3) is 0.571. The van der Waals surface area contributed by atoms with E-state index in [0.29, 0.717) is 17.4 Å². The predicted molar refractivity (Wildman–Crippen MR) is 76.3 cm³/mol. The molecule has 0 radical (unpaired) electrons. The van der Waals surface area contributed by atoms with Gasteiger partial charge in [0.05, 0.1) is 4.90 Å². The van der Waals surface area contributed by atoms with E-state index in [0.717, 1.165) is 29.5 Å². The second-order valence-corrected chi connectivity index (χ2v) is 7.33. The van der Waals surface area contributed by atoms with Crippen molar-refractivity contribution in [1.29, 1.82) is 0 Å². The first-order chi connectivity index (χ1) is 8.83. The van der Waals surface area contributed by atoms with Gasteiger partial charge in [-0.25, -0.2) is 13.1 Å². The van der Waals surface area contributed by atoms with Gasteiger partial charge in [-0.05, 0) is 55.4 Å². The number of sulfonamides is 1. The lowest BCUT2D eigenvalue weighted by molar-refractivity contribution is 0.270. The van der Waals surface area contributed by atoms with Crippen molar-refractivity contribution in [3.8, 4) is 0 Å². The molecule has 19 heavy (non-hydrogen) atoms. The fourth-order valence-corrected chi connectivity index (χ4v) is 4.20. The van der Waals surface area contributed by atoms with E-state index in [4.69, 9.17) is 5.73 Å². The molecule has 5 heteroatoms. The topological polar surface area (TPSA) is 72.2 Å². The van der Waals surface area contributed by atoms with Gasteiger partial charge in [0.2, 0.25) is 10.0 Å². The first-order valence-corrected chi connectivity index (χ1v) is 8.14. The number of nitrogens with one attached hydrogen (secondary N) is 1. The summed E-state index contributed by atoms with van der Waals surface area (Å²) in [5, 5.41) is 0. The van der Waals surface area contributed by atoms with E-state index >= 15 is 0 Å². The van der Waals surface area contributed by atoms with Crippen LogP contribution in [0, 0.1) is 19.8 Å². The van der Waals surface area contributed by atoms with Gasteiger partial charge in [-0.1, -0.05) is 13.0 Å². The van der Waals surface area contributed by atoms with E-state index in [1.807, 2.05) is 19.9 Å². The summed E-state index contributed by atoms with van der Waals surface area (Å²) in [7, 11) is -3.43. The third kappa shape index (κ3) is 2.99. The van der Waals surface area contributed by atoms with Gasteiger partial charge in [-0.15, -0.1) is 0 Å². The Labute approximate surface area is 115 Å². The van der Waals surface area contributed by atoms with Crippen LogP contribution in [0.2, 0.25) is 0 Å². The Morgan fingerprint density at radius 1 is 1.26 bits per heavy atom. The molecule has 2 rings (SSSR count). The lowest BCUT2D eigenvalue weighted by Gasteiger charge is -2.33. The molecule has 1 aliphatic rings. The molecule has 0 saturated heterocycles. The van der Waals surface area contributed by atoms with E-state index in [1.165, 1.54) is 0 Å². The summed E-state index contributed by atoms with van der Waals surface area (Å²) >= 11 is 0. The largest absolute Gasteiger partial charge is 0.326 e. The molecule has 0 bridgehead atoms. The Morgan fingerprint density at radius 2 is 1.89 bits per heavy atom. The summed E-state index contributed by atoms with van der Waals surface area (Å²) in [6.45, 7) is 6.27. The van der Waals surface area contributed by atoms with Gasteiger partial charge >= 0.3 is 0 Å². The van der Waals surface area contributed by atoms with E-state index < -0.39 is 10.0 Å². The van der Waals surface area contributed by atoms with Crippen LogP contribution in [-0.4, -0.2) is 14.5 Å². The summed E-state index contributed by atoms with van der Waals surface area (Å²) < 4.78 is 27.6. The number of hydrogen-bond donors (Lipinski definition) is 2. The summed E-state index contributed by atoms with van der Waals surface area (Å²) in [5.74, 6) is 0.617. The van der Waals surface area contributed by atoms with Gasteiger partial charge in [-0.2, -0.15) is 0 Å². The van der Waals surface area contributed by atoms with Gasteiger partial charge in [0.25, 0.3) is 0 Å². The number of nitrogens with two attached hydrogens (primary N) is 1. The van der Waals surface area contributed by atoms with E-state index in [2.05, 4.69) is 11.6 Å². The van der Waals surface area contributed by atoms with Gasteiger partial charge in [0, 0.05) is 12.6 Å². The zero-order chi connectivity index (χ0) is 14.2. The molecule has 1 aromatic rings. The SMILES string of the molecule is Cc1cc(C)c(S(=O)(=O)NC2CC(C)C2)cc1CN. The molecule has 0 atom stereocenters. The Kier molecular flexibility index (Phi) is 3.99. The van der Waals surface area contributed by atoms with Gasteiger partial charge in [0.1, 0.15) is 0 Å². The van der Waals surface area contributed by atoms with Crippen LogP contribution in [-0.2, 0) is 16.6 Å². The van der Waals surface area contributed by atoms with Crippen LogP contribution >= 0.6 is 0 Å². The molecule has 0 amide bonds. The van der Waals surface area contributed by atoms with Crippen molar-refractivity contribution in [1.82, 2.24) is 4.72 Å². The first kappa shape index (κ1) is 14.5. The number of aryl methyl sites for hydroxylation is 2. The molecule has 0 unspecified atom stereocenters. The second kappa shape index (κ2) is 5.23. The third-order valence-electron chi connectivity index (χ3n) is 3.84. The molecule has 0 aliphatic heterocycles. The predicted octanol–water partition coefficient (Wildman–Crippen LogP) is 1.84. The molecule has 106 valence electrons. The van der Waals surface area contributed by atoms with Crippen molar-refractivity contribution < 1.29 is 8.42 Å². The minimum absolute atomic E-state index is 0.0852. The number of hydrogen-bond acceptors (Lipinski definition) is 3. The highest BCUT2D eigenvalue weighted by atomic mass is 32.2. The van der Waals surface area contributed by atoms with Gasteiger partial charge in [-0.3, -0.25) is 0 Å². The van der Waals surface area contributed by atoms with E-state index in [9.17, 15) is 8.42 Å².